The van der Waals surface area contributed by atoms with Crippen LogP contribution in [-0.2, 0) is 0 Å². The van der Waals surface area contributed by atoms with Crippen LogP contribution in [0.3, 0.4) is 0 Å². The van der Waals surface area contributed by atoms with Crippen molar-refractivity contribution in [1.82, 2.24) is 0 Å². The van der Waals surface area contributed by atoms with Crippen molar-refractivity contribution < 1.29 is 0 Å². The average Bonchev–Trinajstić information content (AvgIpc) is 2.46. The van der Waals surface area contributed by atoms with Crippen molar-refractivity contribution in [2.45, 2.75) is 40.5 Å². The predicted octanol–water partition coefficient (Wildman–Crippen LogP) is 3.95. The van der Waals surface area contributed by atoms with Crippen molar-refractivity contribution in [3.8, 4) is 0 Å². The summed E-state index contributed by atoms with van der Waals surface area (Å²) < 4.78 is 0. The first kappa shape index (κ1) is 10.1. The minimum absolute atomic E-state index is 0.635. The summed E-state index contributed by atoms with van der Waals surface area (Å²) in [5, 5.41) is 0. The highest BCUT2D eigenvalue weighted by Crippen LogP contribution is 2.36. The molecule has 0 aromatic carbocycles. The maximum atomic E-state index is 6.98. The van der Waals surface area contributed by atoms with E-state index in [0.717, 1.165) is 18.5 Å². The Hall–Kier alpha value is -1.03. The van der Waals surface area contributed by atoms with Crippen LogP contribution in [0.4, 0.5) is 0 Å². The molecular formula is C12H17N. The predicted molar refractivity (Wildman–Crippen MR) is 56.1 cm³/mol. The van der Waals surface area contributed by atoms with Gasteiger partial charge in [-0.1, -0.05) is 25.0 Å². The molecule has 1 rings (SSSR count). The highest BCUT2D eigenvalue weighted by atomic mass is 14.7. The van der Waals surface area contributed by atoms with E-state index in [9.17, 15) is 0 Å². The first-order chi connectivity index (χ1) is 6.07. The standard InChI is InChI=1S/C12H17N/c1-8(2)11-6-7-12(9(11)3)10(4)13-5/h8H,6-7H2,1-4H3/b12-10-. The molecule has 0 unspecified atom stereocenters. The van der Waals surface area contributed by atoms with Gasteiger partial charge in [0.2, 0.25) is 0 Å². The largest absolute Gasteiger partial charge is 0.243 e. The van der Waals surface area contributed by atoms with Gasteiger partial charge >= 0.3 is 0 Å². The smallest absolute Gasteiger partial charge is 0.166 e. The van der Waals surface area contributed by atoms with Crippen molar-refractivity contribution in [2.75, 3.05) is 0 Å². The maximum absolute atomic E-state index is 6.98. The van der Waals surface area contributed by atoms with Crippen LogP contribution >= 0.6 is 0 Å². The molecule has 0 amide bonds. The zero-order valence-corrected chi connectivity index (χ0v) is 8.94. The summed E-state index contributed by atoms with van der Waals surface area (Å²) in [4.78, 5) is 3.51. The van der Waals surface area contributed by atoms with Crippen LogP contribution in [0.15, 0.2) is 22.4 Å². The van der Waals surface area contributed by atoms with Crippen LogP contribution in [0.5, 0.6) is 0 Å². The Morgan fingerprint density at radius 2 is 2.00 bits per heavy atom. The molecule has 0 saturated carbocycles. The second kappa shape index (κ2) is 3.79. The first-order valence-electron chi connectivity index (χ1n) is 4.85. The molecular weight excluding hydrogens is 158 g/mol. The van der Waals surface area contributed by atoms with Crippen LogP contribution in [0.25, 0.3) is 4.85 Å². The zero-order valence-electron chi connectivity index (χ0n) is 8.94. The normalized spacial score (nSPS) is 20.9. The van der Waals surface area contributed by atoms with Crippen molar-refractivity contribution >= 4 is 0 Å². The molecule has 70 valence electrons. The number of hydrogen-bond acceptors (Lipinski definition) is 0. The van der Waals surface area contributed by atoms with E-state index in [0.29, 0.717) is 5.92 Å². The third-order valence-corrected chi connectivity index (χ3v) is 2.88. The number of nitrogens with zero attached hydrogens (tertiary/aromatic N) is 1. The molecule has 0 bridgehead atoms. The van der Waals surface area contributed by atoms with Gasteiger partial charge in [0.1, 0.15) is 0 Å². The molecule has 0 spiro atoms. The monoisotopic (exact) mass is 175 g/mol. The third kappa shape index (κ3) is 1.83. The SMILES string of the molecule is [C-]#[N+]/C(C)=C1/CCC(C(C)C)=C1C. The number of allylic oxidation sites excluding steroid dienone is 4. The summed E-state index contributed by atoms with van der Waals surface area (Å²) in [6, 6.07) is 0. The van der Waals surface area contributed by atoms with Gasteiger partial charge < -0.3 is 0 Å². The molecule has 13 heavy (non-hydrogen) atoms. The Morgan fingerprint density at radius 1 is 1.38 bits per heavy atom. The van der Waals surface area contributed by atoms with E-state index >= 15 is 0 Å². The summed E-state index contributed by atoms with van der Waals surface area (Å²) >= 11 is 0. The van der Waals surface area contributed by atoms with Gasteiger partial charge in [-0.2, -0.15) is 0 Å². The fraction of sp³-hybridized carbons (Fsp3) is 0.583. The van der Waals surface area contributed by atoms with Crippen molar-refractivity contribution in [1.29, 1.82) is 0 Å². The maximum Gasteiger partial charge on any atom is 0.166 e. The van der Waals surface area contributed by atoms with Gasteiger partial charge in [0.25, 0.3) is 0 Å². The lowest BCUT2D eigenvalue weighted by molar-refractivity contribution is 0.727. The van der Waals surface area contributed by atoms with E-state index in [2.05, 4.69) is 25.6 Å². The highest BCUT2D eigenvalue weighted by molar-refractivity contribution is 5.44. The molecule has 0 saturated heterocycles. The Balaban J connectivity index is 3.08. The second-order valence-electron chi connectivity index (χ2n) is 3.98. The summed E-state index contributed by atoms with van der Waals surface area (Å²) in [7, 11) is 0. The Bertz CT molecular complexity index is 311. The van der Waals surface area contributed by atoms with Crippen LogP contribution in [-0.4, -0.2) is 0 Å². The summed E-state index contributed by atoms with van der Waals surface area (Å²) in [5.41, 5.74) is 5.09. The third-order valence-electron chi connectivity index (χ3n) is 2.88. The lowest BCUT2D eigenvalue weighted by Gasteiger charge is -2.07. The van der Waals surface area contributed by atoms with E-state index in [1.54, 1.807) is 0 Å². The average molecular weight is 175 g/mol. The van der Waals surface area contributed by atoms with Crippen LogP contribution in [0, 0.1) is 12.5 Å². The first-order valence-corrected chi connectivity index (χ1v) is 4.85. The molecule has 1 aliphatic rings. The fourth-order valence-electron chi connectivity index (χ4n) is 2.07. The number of rotatable bonds is 1. The van der Waals surface area contributed by atoms with Gasteiger partial charge in [-0.3, -0.25) is 0 Å². The van der Waals surface area contributed by atoms with Gasteiger partial charge in [-0.25, -0.2) is 4.85 Å². The fourth-order valence-corrected chi connectivity index (χ4v) is 2.07. The molecule has 0 aromatic heterocycles. The molecule has 0 heterocycles. The van der Waals surface area contributed by atoms with Crippen LogP contribution < -0.4 is 0 Å². The van der Waals surface area contributed by atoms with E-state index < -0.39 is 0 Å². The lowest BCUT2D eigenvalue weighted by Crippen LogP contribution is -1.91. The Kier molecular flexibility index (Phi) is 2.93. The van der Waals surface area contributed by atoms with Gasteiger partial charge in [0.05, 0.1) is 6.57 Å². The van der Waals surface area contributed by atoms with Crippen molar-refractivity contribution in [3.05, 3.63) is 33.8 Å². The lowest BCUT2D eigenvalue weighted by atomic mass is 9.99. The van der Waals surface area contributed by atoms with Gasteiger partial charge in [-0.05, 0) is 38.2 Å². The molecule has 1 heteroatoms. The summed E-state index contributed by atoms with van der Waals surface area (Å²) in [5.74, 6) is 0.635. The summed E-state index contributed by atoms with van der Waals surface area (Å²) in [6.45, 7) is 15.5. The van der Waals surface area contributed by atoms with Crippen molar-refractivity contribution in [2.24, 2.45) is 5.92 Å². The Labute approximate surface area is 81.0 Å². The minimum Gasteiger partial charge on any atom is -0.243 e. The Morgan fingerprint density at radius 3 is 2.38 bits per heavy atom. The molecule has 0 fully saturated rings. The van der Waals surface area contributed by atoms with Gasteiger partial charge in [-0.15, -0.1) is 0 Å². The quantitative estimate of drug-likeness (QED) is 0.531. The van der Waals surface area contributed by atoms with E-state index in [4.69, 9.17) is 6.57 Å². The molecule has 0 aromatic rings. The molecule has 0 atom stereocenters. The molecule has 1 nitrogen and oxygen atoms in total. The number of hydrogen-bond donors (Lipinski definition) is 0. The van der Waals surface area contributed by atoms with Crippen LogP contribution in [0.2, 0.25) is 0 Å². The second-order valence-corrected chi connectivity index (χ2v) is 3.98. The molecule has 0 aliphatic heterocycles. The molecule has 1 aliphatic carbocycles. The topological polar surface area (TPSA) is 4.36 Å². The summed E-state index contributed by atoms with van der Waals surface area (Å²) in [6.07, 6.45) is 2.24. The zero-order chi connectivity index (χ0) is 10.0. The van der Waals surface area contributed by atoms with E-state index in [-0.39, 0.29) is 0 Å². The highest BCUT2D eigenvalue weighted by Gasteiger charge is 2.19. The minimum atomic E-state index is 0.635. The van der Waals surface area contributed by atoms with Crippen LogP contribution in [0.1, 0.15) is 40.5 Å². The molecule has 0 radical (unpaired) electrons. The van der Waals surface area contributed by atoms with E-state index in [1.165, 1.54) is 16.7 Å². The van der Waals surface area contributed by atoms with E-state index in [1.807, 2.05) is 6.92 Å². The van der Waals surface area contributed by atoms with Gasteiger partial charge in [0, 0.05) is 0 Å². The van der Waals surface area contributed by atoms with Crippen molar-refractivity contribution in [3.63, 3.8) is 0 Å². The van der Waals surface area contributed by atoms with Gasteiger partial charge in [0.15, 0.2) is 5.70 Å². The molecule has 0 N–H and O–H groups in total.